The van der Waals surface area contributed by atoms with Crippen LogP contribution in [-0.4, -0.2) is 17.7 Å². The Kier molecular flexibility index (Phi) is 7.57. The van der Waals surface area contributed by atoms with Crippen LogP contribution in [0.4, 0.5) is 10.1 Å². The number of unbranched alkanes of at least 4 members (excludes halogenated alkanes) is 2. The highest BCUT2D eigenvalue weighted by molar-refractivity contribution is 6.13. The van der Waals surface area contributed by atoms with E-state index in [4.69, 9.17) is 4.74 Å². The van der Waals surface area contributed by atoms with E-state index in [1.54, 1.807) is 6.07 Å². The zero-order valence-corrected chi connectivity index (χ0v) is 24.4. The SMILES string of the molecule is CCCCN(CCCC)c1ccc([C@]2(c3ccccc3F)C=Cc3c(ccc4c3c3ccccc3n4CC)O2)cc1. The average Bonchev–Trinajstić information content (AvgIpc) is 3.35. The van der Waals surface area contributed by atoms with E-state index >= 15 is 4.39 Å². The van der Waals surface area contributed by atoms with E-state index in [1.807, 2.05) is 24.3 Å². The Bertz CT molecular complexity index is 1690. The zero-order valence-electron chi connectivity index (χ0n) is 24.4. The van der Waals surface area contributed by atoms with Crippen LogP contribution in [0.1, 0.15) is 63.1 Å². The maximum Gasteiger partial charge on any atom is 0.180 e. The predicted octanol–water partition coefficient (Wildman–Crippen LogP) is 9.71. The molecule has 4 heteroatoms. The number of nitrogens with zero attached hydrogens (tertiary/aromatic N) is 2. The number of para-hydroxylation sites is 1. The number of aryl methyl sites for hydroxylation is 1. The molecule has 4 aromatic carbocycles. The Labute approximate surface area is 242 Å². The van der Waals surface area contributed by atoms with Crippen LogP contribution in [0.3, 0.4) is 0 Å². The second kappa shape index (κ2) is 11.4. The molecule has 1 aromatic heterocycles. The lowest BCUT2D eigenvalue weighted by atomic mass is 9.83. The number of fused-ring (bicyclic) bond motifs is 5. The number of ether oxygens (including phenoxy) is 1. The second-order valence-electron chi connectivity index (χ2n) is 11.0. The number of anilines is 1. The number of hydrogen-bond donors (Lipinski definition) is 0. The molecule has 0 N–H and O–H groups in total. The first-order valence-corrected chi connectivity index (χ1v) is 15.1. The average molecular weight is 547 g/mol. The van der Waals surface area contributed by atoms with Crippen molar-refractivity contribution in [2.75, 3.05) is 18.0 Å². The Morgan fingerprint density at radius 2 is 1.49 bits per heavy atom. The summed E-state index contributed by atoms with van der Waals surface area (Å²) in [5.41, 5.74) is 4.99. The van der Waals surface area contributed by atoms with Gasteiger partial charge >= 0.3 is 0 Å². The van der Waals surface area contributed by atoms with E-state index in [0.717, 1.165) is 49.4 Å². The Morgan fingerprint density at radius 3 is 2.20 bits per heavy atom. The van der Waals surface area contributed by atoms with E-state index in [1.165, 1.54) is 46.4 Å². The number of rotatable bonds is 10. The summed E-state index contributed by atoms with van der Waals surface area (Å²) < 4.78 is 24.9. The third kappa shape index (κ3) is 4.69. The maximum absolute atomic E-state index is 15.6. The van der Waals surface area contributed by atoms with Crippen molar-refractivity contribution in [1.29, 1.82) is 0 Å². The Morgan fingerprint density at radius 1 is 0.780 bits per heavy atom. The number of benzene rings is 4. The van der Waals surface area contributed by atoms with Crippen molar-refractivity contribution in [3.8, 4) is 5.75 Å². The van der Waals surface area contributed by atoms with Crippen molar-refractivity contribution >= 4 is 33.6 Å². The van der Waals surface area contributed by atoms with Gasteiger partial charge in [0.15, 0.2) is 5.60 Å². The molecular weight excluding hydrogens is 507 g/mol. The number of hydrogen-bond acceptors (Lipinski definition) is 2. The number of aromatic nitrogens is 1. The molecule has 0 bridgehead atoms. The van der Waals surface area contributed by atoms with E-state index in [-0.39, 0.29) is 5.82 Å². The largest absolute Gasteiger partial charge is 0.473 e. The molecule has 1 atom stereocenters. The molecule has 2 heterocycles. The van der Waals surface area contributed by atoms with E-state index in [2.05, 4.69) is 90.9 Å². The lowest BCUT2D eigenvalue weighted by molar-refractivity contribution is 0.156. The summed E-state index contributed by atoms with van der Waals surface area (Å²) in [6.45, 7) is 9.61. The molecule has 0 aliphatic carbocycles. The van der Waals surface area contributed by atoms with E-state index in [9.17, 15) is 0 Å². The fraction of sp³-hybridized carbons (Fsp3) is 0.297. The molecule has 5 aromatic rings. The van der Waals surface area contributed by atoms with Crippen LogP contribution < -0.4 is 9.64 Å². The van der Waals surface area contributed by atoms with Crippen molar-refractivity contribution in [1.82, 2.24) is 4.57 Å². The van der Waals surface area contributed by atoms with Gasteiger partial charge in [0.1, 0.15) is 11.6 Å². The molecule has 3 nitrogen and oxygen atoms in total. The van der Waals surface area contributed by atoms with Crippen molar-refractivity contribution in [3.63, 3.8) is 0 Å². The Hall–Kier alpha value is -4.05. The van der Waals surface area contributed by atoms with Crippen molar-refractivity contribution in [3.05, 3.63) is 114 Å². The topological polar surface area (TPSA) is 17.4 Å². The summed E-state index contributed by atoms with van der Waals surface area (Å²) in [6, 6.07) is 28.3. The van der Waals surface area contributed by atoms with Gasteiger partial charge in [-0.3, -0.25) is 0 Å². The van der Waals surface area contributed by atoms with Crippen LogP contribution in [0.15, 0.2) is 91.0 Å². The molecule has 0 amide bonds. The first-order chi connectivity index (χ1) is 20.1. The highest BCUT2D eigenvalue weighted by atomic mass is 19.1. The minimum atomic E-state index is -1.08. The van der Waals surface area contributed by atoms with Gasteiger partial charge in [-0.15, -0.1) is 0 Å². The lowest BCUT2D eigenvalue weighted by Gasteiger charge is -2.37. The quantitative estimate of drug-likeness (QED) is 0.173. The van der Waals surface area contributed by atoms with Crippen LogP contribution in [0.2, 0.25) is 0 Å². The minimum absolute atomic E-state index is 0.277. The molecule has 0 saturated carbocycles. The lowest BCUT2D eigenvalue weighted by Crippen LogP contribution is -2.35. The fourth-order valence-corrected chi connectivity index (χ4v) is 6.36. The molecule has 1 aliphatic rings. The van der Waals surface area contributed by atoms with Gasteiger partial charge in [0.2, 0.25) is 0 Å². The molecule has 0 saturated heterocycles. The summed E-state index contributed by atoms with van der Waals surface area (Å²) in [5, 5.41) is 2.38. The molecule has 0 unspecified atom stereocenters. The molecule has 41 heavy (non-hydrogen) atoms. The van der Waals surface area contributed by atoms with Crippen LogP contribution in [0.5, 0.6) is 5.75 Å². The third-order valence-corrected chi connectivity index (χ3v) is 8.51. The van der Waals surface area contributed by atoms with Gasteiger partial charge in [-0.05, 0) is 68.3 Å². The molecular formula is C37H39FN2O. The van der Waals surface area contributed by atoms with Crippen LogP contribution >= 0.6 is 0 Å². The smallest absolute Gasteiger partial charge is 0.180 e. The third-order valence-electron chi connectivity index (χ3n) is 8.51. The standard InChI is InChI=1S/C37H39FN2O/c1-4-7-25-39(26-8-5-2)28-19-17-27(18-20-28)37(31-14-10-11-15-32(31)38)24-23-30-35(41-37)22-21-34-36(30)29-13-9-12-16-33(29)40(34)6-3/h9-24H,4-8,25-26H2,1-3H3/t37-/m0/s1. The number of halogens is 1. The van der Waals surface area contributed by atoms with Gasteiger partial charge < -0.3 is 14.2 Å². The van der Waals surface area contributed by atoms with Crippen LogP contribution in [-0.2, 0) is 12.1 Å². The van der Waals surface area contributed by atoms with Crippen molar-refractivity contribution in [2.24, 2.45) is 0 Å². The fourth-order valence-electron chi connectivity index (χ4n) is 6.36. The minimum Gasteiger partial charge on any atom is -0.473 e. The van der Waals surface area contributed by atoms with Crippen LogP contribution in [0.25, 0.3) is 27.9 Å². The predicted molar refractivity (Wildman–Crippen MR) is 170 cm³/mol. The van der Waals surface area contributed by atoms with Crippen molar-refractivity contribution in [2.45, 2.75) is 58.6 Å². The highest BCUT2D eigenvalue weighted by Crippen LogP contribution is 2.46. The van der Waals surface area contributed by atoms with Crippen LogP contribution in [0, 0.1) is 5.82 Å². The van der Waals surface area contributed by atoms with Gasteiger partial charge in [0.25, 0.3) is 0 Å². The molecule has 210 valence electrons. The Balaban J connectivity index is 1.48. The van der Waals surface area contributed by atoms with Gasteiger partial charge in [-0.2, -0.15) is 0 Å². The summed E-state index contributed by atoms with van der Waals surface area (Å²) in [4.78, 5) is 2.47. The first kappa shape index (κ1) is 27.1. The molecule has 6 rings (SSSR count). The van der Waals surface area contributed by atoms with Gasteiger partial charge in [-0.1, -0.05) is 75.2 Å². The molecule has 1 aliphatic heterocycles. The zero-order chi connectivity index (χ0) is 28.4. The highest BCUT2D eigenvalue weighted by Gasteiger charge is 2.39. The second-order valence-corrected chi connectivity index (χ2v) is 11.0. The summed E-state index contributed by atoms with van der Waals surface area (Å²) in [6.07, 6.45) is 8.85. The molecule has 0 radical (unpaired) electrons. The molecule has 0 fully saturated rings. The summed E-state index contributed by atoms with van der Waals surface area (Å²) >= 11 is 0. The maximum atomic E-state index is 15.6. The summed E-state index contributed by atoms with van der Waals surface area (Å²) in [5.74, 6) is 0.486. The van der Waals surface area contributed by atoms with E-state index in [0.29, 0.717) is 5.56 Å². The summed E-state index contributed by atoms with van der Waals surface area (Å²) in [7, 11) is 0. The van der Waals surface area contributed by atoms with Gasteiger partial charge in [0, 0.05) is 63.8 Å². The first-order valence-electron chi connectivity index (χ1n) is 15.1. The molecule has 0 spiro atoms. The van der Waals surface area contributed by atoms with E-state index < -0.39 is 5.60 Å². The monoisotopic (exact) mass is 546 g/mol. The van der Waals surface area contributed by atoms with Gasteiger partial charge in [-0.25, -0.2) is 4.39 Å². The van der Waals surface area contributed by atoms with Crippen molar-refractivity contribution < 1.29 is 9.13 Å². The normalized spacial score (nSPS) is 16.2. The van der Waals surface area contributed by atoms with Gasteiger partial charge in [0.05, 0.1) is 0 Å².